The molecule has 0 fully saturated rings. The van der Waals surface area contributed by atoms with Crippen molar-refractivity contribution in [1.82, 2.24) is 19.4 Å². The molecule has 10 heteroatoms. The van der Waals surface area contributed by atoms with Gasteiger partial charge in [-0.05, 0) is 12.1 Å². The molecule has 0 saturated carbocycles. The van der Waals surface area contributed by atoms with Gasteiger partial charge in [0, 0.05) is 62.4 Å². The van der Waals surface area contributed by atoms with E-state index in [9.17, 15) is 18.4 Å². The highest BCUT2D eigenvalue weighted by molar-refractivity contribution is 7.07. The van der Waals surface area contributed by atoms with E-state index in [0.717, 1.165) is 5.69 Å². The van der Waals surface area contributed by atoms with Crippen molar-refractivity contribution in [2.24, 2.45) is 0 Å². The Hall–Kier alpha value is -3.11. The fourth-order valence-corrected chi connectivity index (χ4v) is 4.62. The third-order valence-corrected chi connectivity index (χ3v) is 6.43. The molecule has 33 heavy (non-hydrogen) atoms. The molecule has 2 aromatic heterocycles. The molecular formula is C23H24F2N4O3S. The Kier molecular flexibility index (Phi) is 6.85. The molecular weight excluding hydrogens is 450 g/mol. The van der Waals surface area contributed by atoms with Crippen molar-refractivity contribution in [1.29, 1.82) is 0 Å². The highest BCUT2D eigenvalue weighted by atomic mass is 32.1. The number of carbonyl (C=O) groups excluding carboxylic acids is 1. The standard InChI is InChI=1S/C23H24F2N4O3S/c1-27(11-15-13-33-14-26-15)23(31)22-19-6-7-28(12-16-17(24)4-3-5-18(16)25)8-9-29(19)21(30)10-20(22)32-2/h3-5,10,13-14H,6-9,11-12H2,1-2H3. The third-order valence-electron chi connectivity index (χ3n) is 5.79. The van der Waals surface area contributed by atoms with Crippen molar-refractivity contribution in [2.45, 2.75) is 26.1 Å². The smallest absolute Gasteiger partial charge is 0.259 e. The predicted molar refractivity (Wildman–Crippen MR) is 121 cm³/mol. The molecule has 0 aliphatic carbocycles. The maximum Gasteiger partial charge on any atom is 0.259 e. The van der Waals surface area contributed by atoms with Crippen LogP contribution in [0.1, 0.15) is 27.3 Å². The van der Waals surface area contributed by atoms with E-state index in [1.165, 1.54) is 47.6 Å². The Morgan fingerprint density at radius 1 is 1.24 bits per heavy atom. The van der Waals surface area contributed by atoms with Crippen LogP contribution in [0.5, 0.6) is 5.75 Å². The van der Waals surface area contributed by atoms with E-state index < -0.39 is 11.6 Å². The van der Waals surface area contributed by atoms with Crippen LogP contribution in [0.25, 0.3) is 0 Å². The zero-order chi connectivity index (χ0) is 23.5. The zero-order valence-electron chi connectivity index (χ0n) is 18.4. The second-order valence-corrected chi connectivity index (χ2v) is 8.61. The van der Waals surface area contributed by atoms with Crippen LogP contribution in [0, 0.1) is 11.6 Å². The molecule has 0 N–H and O–H groups in total. The number of amides is 1. The van der Waals surface area contributed by atoms with Gasteiger partial charge in [0.25, 0.3) is 11.5 Å². The van der Waals surface area contributed by atoms with Crippen LogP contribution in [0.15, 0.2) is 40.0 Å². The van der Waals surface area contributed by atoms with Crippen molar-refractivity contribution in [3.05, 3.63) is 79.7 Å². The summed E-state index contributed by atoms with van der Waals surface area (Å²) < 4.78 is 35.3. The number of rotatable bonds is 6. The minimum atomic E-state index is -0.602. The summed E-state index contributed by atoms with van der Waals surface area (Å²) in [4.78, 5) is 33.8. The van der Waals surface area contributed by atoms with Gasteiger partial charge in [-0.3, -0.25) is 14.5 Å². The Morgan fingerprint density at radius 3 is 2.67 bits per heavy atom. The monoisotopic (exact) mass is 474 g/mol. The number of aromatic nitrogens is 2. The lowest BCUT2D eigenvalue weighted by Crippen LogP contribution is -2.32. The van der Waals surface area contributed by atoms with Crippen molar-refractivity contribution < 1.29 is 18.3 Å². The summed E-state index contributed by atoms with van der Waals surface area (Å²) in [5, 5.41) is 1.87. The number of nitrogens with zero attached hydrogens (tertiary/aromatic N) is 4. The van der Waals surface area contributed by atoms with E-state index in [-0.39, 0.29) is 29.3 Å². The topological polar surface area (TPSA) is 67.7 Å². The van der Waals surface area contributed by atoms with Gasteiger partial charge in [-0.2, -0.15) is 0 Å². The number of pyridine rings is 1. The van der Waals surface area contributed by atoms with Gasteiger partial charge in [-0.1, -0.05) is 6.07 Å². The first-order valence-electron chi connectivity index (χ1n) is 10.5. The molecule has 1 amide bonds. The molecule has 1 aliphatic heterocycles. The van der Waals surface area contributed by atoms with Crippen LogP contribution in [0.2, 0.25) is 0 Å². The molecule has 0 saturated heterocycles. The number of halogens is 2. The summed E-state index contributed by atoms with van der Waals surface area (Å²) in [6.45, 7) is 1.53. The molecule has 7 nitrogen and oxygen atoms in total. The highest BCUT2D eigenvalue weighted by Gasteiger charge is 2.27. The van der Waals surface area contributed by atoms with E-state index in [2.05, 4.69) is 4.98 Å². The quantitative estimate of drug-likeness (QED) is 0.550. The molecule has 0 spiro atoms. The Bertz CT molecular complexity index is 1190. The summed E-state index contributed by atoms with van der Waals surface area (Å²) in [5.74, 6) is -1.27. The Labute approximate surface area is 193 Å². The lowest BCUT2D eigenvalue weighted by Gasteiger charge is -2.22. The van der Waals surface area contributed by atoms with Gasteiger partial charge < -0.3 is 14.2 Å². The maximum atomic E-state index is 14.2. The number of ether oxygens (including phenoxy) is 1. The van der Waals surface area contributed by atoms with Crippen LogP contribution in [0.3, 0.4) is 0 Å². The van der Waals surface area contributed by atoms with Crippen LogP contribution in [-0.2, 0) is 26.1 Å². The average Bonchev–Trinajstić information content (AvgIpc) is 3.21. The predicted octanol–water partition coefficient (Wildman–Crippen LogP) is 2.92. The first kappa shape index (κ1) is 23.1. The van der Waals surface area contributed by atoms with Crippen molar-refractivity contribution in [3.63, 3.8) is 0 Å². The molecule has 3 heterocycles. The number of carbonyl (C=O) groups is 1. The molecule has 0 unspecified atom stereocenters. The average molecular weight is 475 g/mol. The molecule has 4 rings (SSSR count). The molecule has 0 radical (unpaired) electrons. The van der Waals surface area contributed by atoms with Gasteiger partial charge in [-0.25, -0.2) is 13.8 Å². The number of fused-ring (bicyclic) bond motifs is 1. The minimum Gasteiger partial charge on any atom is -0.496 e. The van der Waals surface area contributed by atoms with Gasteiger partial charge in [-0.15, -0.1) is 11.3 Å². The largest absolute Gasteiger partial charge is 0.496 e. The Morgan fingerprint density at radius 2 is 2.00 bits per heavy atom. The van der Waals surface area contributed by atoms with Crippen LogP contribution in [0.4, 0.5) is 8.78 Å². The zero-order valence-corrected chi connectivity index (χ0v) is 19.2. The molecule has 1 aromatic carbocycles. The van der Waals surface area contributed by atoms with Gasteiger partial charge in [0.2, 0.25) is 0 Å². The van der Waals surface area contributed by atoms with E-state index in [1.807, 2.05) is 10.3 Å². The van der Waals surface area contributed by atoms with Crippen molar-refractivity contribution in [3.8, 4) is 5.75 Å². The first-order valence-corrected chi connectivity index (χ1v) is 11.4. The number of thiazole rings is 1. The Balaban J connectivity index is 1.63. The molecule has 0 atom stereocenters. The van der Waals surface area contributed by atoms with Crippen LogP contribution < -0.4 is 10.3 Å². The van der Waals surface area contributed by atoms with Crippen LogP contribution in [-0.4, -0.2) is 52.5 Å². The summed E-state index contributed by atoms with van der Waals surface area (Å²) in [5.41, 5.74) is 3.08. The van der Waals surface area contributed by atoms with Crippen molar-refractivity contribution >= 4 is 17.2 Å². The molecule has 174 valence electrons. The fourth-order valence-electron chi connectivity index (χ4n) is 4.07. The van der Waals surface area contributed by atoms with E-state index in [4.69, 9.17) is 4.74 Å². The summed E-state index contributed by atoms with van der Waals surface area (Å²) in [6.07, 6.45) is 0.355. The highest BCUT2D eigenvalue weighted by Crippen LogP contribution is 2.25. The van der Waals surface area contributed by atoms with Gasteiger partial charge in [0.1, 0.15) is 22.9 Å². The van der Waals surface area contributed by atoms with Gasteiger partial charge in [0.05, 0.1) is 24.9 Å². The maximum absolute atomic E-state index is 14.2. The van der Waals surface area contributed by atoms with E-state index in [0.29, 0.717) is 43.9 Å². The second kappa shape index (κ2) is 9.80. The SMILES string of the molecule is COc1cc(=O)n2c(c1C(=O)N(C)Cc1cscn1)CCN(Cc1c(F)cccc1F)CC2. The third kappa shape index (κ3) is 4.81. The lowest BCUT2D eigenvalue weighted by molar-refractivity contribution is 0.0777. The summed E-state index contributed by atoms with van der Waals surface area (Å²) >= 11 is 1.45. The molecule has 0 bridgehead atoms. The van der Waals surface area contributed by atoms with Crippen LogP contribution >= 0.6 is 11.3 Å². The normalized spacial score (nSPS) is 13.9. The number of benzene rings is 1. The van der Waals surface area contributed by atoms with E-state index in [1.54, 1.807) is 17.1 Å². The summed E-state index contributed by atoms with van der Waals surface area (Å²) in [7, 11) is 3.10. The number of methoxy groups -OCH3 is 1. The van der Waals surface area contributed by atoms with Gasteiger partial charge in [0.15, 0.2) is 0 Å². The van der Waals surface area contributed by atoms with E-state index >= 15 is 0 Å². The first-order chi connectivity index (χ1) is 15.9. The fraction of sp³-hybridized carbons (Fsp3) is 0.348. The number of hydrogen-bond acceptors (Lipinski definition) is 6. The van der Waals surface area contributed by atoms with Gasteiger partial charge >= 0.3 is 0 Å². The van der Waals surface area contributed by atoms with Crippen molar-refractivity contribution in [2.75, 3.05) is 27.2 Å². The molecule has 3 aromatic rings. The minimum absolute atomic E-state index is 0.00678. The summed E-state index contributed by atoms with van der Waals surface area (Å²) in [6, 6.07) is 5.11. The number of hydrogen-bond donors (Lipinski definition) is 0. The molecule has 1 aliphatic rings. The lowest BCUT2D eigenvalue weighted by atomic mass is 10.1. The second-order valence-electron chi connectivity index (χ2n) is 7.89.